The van der Waals surface area contributed by atoms with Gasteiger partial charge in [0.15, 0.2) is 0 Å². The molecule has 12 heteroatoms. The van der Waals surface area contributed by atoms with Crippen molar-refractivity contribution in [1.29, 1.82) is 0 Å². The highest BCUT2D eigenvalue weighted by Crippen LogP contribution is 2.21. The predicted octanol–water partition coefficient (Wildman–Crippen LogP) is 3.79. The second-order valence-electron chi connectivity index (χ2n) is 9.37. The fourth-order valence-electron chi connectivity index (χ4n) is 3.21. The molecule has 0 N–H and O–H groups in total. The summed E-state index contributed by atoms with van der Waals surface area (Å²) in [4.78, 5) is 75.0. The Morgan fingerprint density at radius 3 is 1.31 bits per heavy atom. The lowest BCUT2D eigenvalue weighted by molar-refractivity contribution is -0.164. The Kier molecular flexibility index (Phi) is 20.0. The predicted molar refractivity (Wildman–Crippen MR) is 151 cm³/mol. The Morgan fingerprint density at radius 2 is 0.929 bits per heavy atom. The Morgan fingerprint density at radius 1 is 0.548 bits per heavy atom. The highest BCUT2D eigenvalue weighted by Gasteiger charge is 2.34. The molecule has 12 nitrogen and oxygen atoms in total. The zero-order chi connectivity index (χ0) is 32.1. The van der Waals surface area contributed by atoms with Crippen molar-refractivity contribution >= 4 is 35.8 Å². The summed E-state index contributed by atoms with van der Waals surface area (Å²) in [6, 6.07) is 0. The van der Waals surface area contributed by atoms with Crippen LogP contribution in [-0.4, -0.2) is 75.0 Å². The van der Waals surface area contributed by atoms with E-state index in [4.69, 9.17) is 28.4 Å². The molecule has 0 aliphatic carbocycles. The van der Waals surface area contributed by atoms with Crippen LogP contribution >= 0.6 is 0 Å². The molecule has 3 atom stereocenters. The Hall–Kier alpha value is -3.70. The minimum Gasteiger partial charge on any atom is -0.465 e. The SMILES string of the molecule is C=C(C(=O)OCCC)C(CC(=O)OCC(CC)OC(=O)CC(C(=C)C(=O)OCCC)C(=O)OCCC)C(=O)OCCC. The molecule has 0 aromatic heterocycles. The minimum absolute atomic E-state index is 0.0882. The van der Waals surface area contributed by atoms with E-state index in [1.54, 1.807) is 34.6 Å². The standard InChI is InChI=1S/C30H46O12/c1-8-13-37-27(33)20(6)23(29(35)39-15-10-3)17-25(31)41-19-22(12-5)42-26(32)18-24(30(36)40-16-11-4)21(7)28(34)38-14-9-2/h22-24H,6-19H2,1-5H3. The first kappa shape index (κ1) is 38.3. The van der Waals surface area contributed by atoms with Gasteiger partial charge in [0, 0.05) is 11.1 Å². The summed E-state index contributed by atoms with van der Waals surface area (Å²) in [5.74, 6) is -7.62. The molecule has 0 aliphatic rings. The van der Waals surface area contributed by atoms with E-state index in [-0.39, 0.29) is 50.6 Å². The molecule has 0 amide bonds. The van der Waals surface area contributed by atoms with E-state index in [2.05, 4.69) is 13.2 Å². The van der Waals surface area contributed by atoms with Crippen molar-refractivity contribution in [3.05, 3.63) is 24.3 Å². The lowest BCUT2D eigenvalue weighted by atomic mass is 9.96. The van der Waals surface area contributed by atoms with E-state index in [1.807, 2.05) is 0 Å². The molecule has 0 heterocycles. The van der Waals surface area contributed by atoms with Crippen LogP contribution < -0.4 is 0 Å². The molecule has 0 spiro atoms. The van der Waals surface area contributed by atoms with Gasteiger partial charge in [-0.15, -0.1) is 0 Å². The van der Waals surface area contributed by atoms with E-state index >= 15 is 0 Å². The zero-order valence-electron chi connectivity index (χ0n) is 25.5. The number of ether oxygens (including phenoxy) is 6. The third-order valence-corrected chi connectivity index (χ3v) is 5.63. The van der Waals surface area contributed by atoms with Crippen molar-refractivity contribution < 1.29 is 57.2 Å². The summed E-state index contributed by atoms with van der Waals surface area (Å²) in [5, 5.41) is 0. The van der Waals surface area contributed by atoms with Gasteiger partial charge in [-0.25, -0.2) is 9.59 Å². The molecule has 42 heavy (non-hydrogen) atoms. The van der Waals surface area contributed by atoms with E-state index in [0.29, 0.717) is 25.7 Å². The van der Waals surface area contributed by atoms with Crippen LogP contribution in [0.5, 0.6) is 0 Å². The molecule has 3 unspecified atom stereocenters. The highest BCUT2D eigenvalue weighted by atomic mass is 16.6. The van der Waals surface area contributed by atoms with Crippen molar-refractivity contribution in [2.24, 2.45) is 11.8 Å². The van der Waals surface area contributed by atoms with Crippen LogP contribution in [0.2, 0.25) is 0 Å². The molecule has 0 aromatic rings. The number of carbonyl (C=O) groups excluding carboxylic acids is 6. The molecular weight excluding hydrogens is 552 g/mol. The van der Waals surface area contributed by atoms with E-state index in [1.165, 1.54) is 0 Å². The number of rotatable bonds is 22. The van der Waals surface area contributed by atoms with Crippen LogP contribution in [-0.2, 0) is 57.2 Å². The molecule has 0 bridgehead atoms. The van der Waals surface area contributed by atoms with E-state index < -0.39 is 66.6 Å². The molecule has 0 radical (unpaired) electrons. The third kappa shape index (κ3) is 14.8. The molecule has 0 saturated carbocycles. The maximum atomic E-state index is 12.7. The van der Waals surface area contributed by atoms with Gasteiger partial charge in [-0.3, -0.25) is 19.2 Å². The van der Waals surface area contributed by atoms with Gasteiger partial charge < -0.3 is 28.4 Å². The summed E-state index contributed by atoms with van der Waals surface area (Å²) in [6.45, 7) is 16.1. The van der Waals surface area contributed by atoms with Gasteiger partial charge >= 0.3 is 35.8 Å². The first-order valence-electron chi connectivity index (χ1n) is 14.4. The monoisotopic (exact) mass is 598 g/mol. The first-order valence-corrected chi connectivity index (χ1v) is 14.4. The van der Waals surface area contributed by atoms with Gasteiger partial charge in [-0.05, 0) is 32.1 Å². The van der Waals surface area contributed by atoms with Crippen LogP contribution in [0.1, 0.15) is 79.6 Å². The Labute approximate surface area is 248 Å². The fraction of sp³-hybridized carbons (Fsp3) is 0.667. The molecule has 238 valence electrons. The summed E-state index contributed by atoms with van der Waals surface area (Å²) in [7, 11) is 0. The third-order valence-electron chi connectivity index (χ3n) is 5.63. The van der Waals surface area contributed by atoms with Crippen LogP contribution in [0.25, 0.3) is 0 Å². The molecule has 0 saturated heterocycles. The Bertz CT molecular complexity index is 939. The number of carbonyl (C=O) groups is 6. The maximum absolute atomic E-state index is 12.7. The average Bonchev–Trinajstić information content (AvgIpc) is 2.98. The van der Waals surface area contributed by atoms with Crippen LogP contribution in [0.15, 0.2) is 24.3 Å². The van der Waals surface area contributed by atoms with Gasteiger partial charge in [0.25, 0.3) is 0 Å². The van der Waals surface area contributed by atoms with E-state index in [0.717, 1.165) is 0 Å². The molecule has 0 aliphatic heterocycles. The minimum atomic E-state index is -1.32. The van der Waals surface area contributed by atoms with Crippen molar-refractivity contribution in [2.45, 2.75) is 85.7 Å². The van der Waals surface area contributed by atoms with Gasteiger partial charge in [0.2, 0.25) is 0 Å². The molecule has 0 aromatic carbocycles. The molecule has 0 fully saturated rings. The van der Waals surface area contributed by atoms with E-state index in [9.17, 15) is 28.8 Å². The summed E-state index contributed by atoms with van der Waals surface area (Å²) >= 11 is 0. The number of hydrogen-bond acceptors (Lipinski definition) is 12. The second kappa shape index (κ2) is 22.0. The van der Waals surface area contributed by atoms with Crippen molar-refractivity contribution in [3.8, 4) is 0 Å². The van der Waals surface area contributed by atoms with Gasteiger partial charge in [0.05, 0.1) is 51.1 Å². The normalized spacial score (nSPS) is 12.6. The van der Waals surface area contributed by atoms with Crippen molar-refractivity contribution in [1.82, 2.24) is 0 Å². The lowest BCUT2D eigenvalue weighted by Crippen LogP contribution is -2.31. The second-order valence-corrected chi connectivity index (χ2v) is 9.37. The Balaban J connectivity index is 5.34. The highest BCUT2D eigenvalue weighted by molar-refractivity contribution is 5.97. The summed E-state index contributed by atoms with van der Waals surface area (Å²) < 4.78 is 30.9. The lowest BCUT2D eigenvalue weighted by Gasteiger charge is -2.21. The van der Waals surface area contributed by atoms with Crippen LogP contribution in [0.4, 0.5) is 0 Å². The number of hydrogen-bond donors (Lipinski definition) is 0. The average molecular weight is 599 g/mol. The fourth-order valence-corrected chi connectivity index (χ4v) is 3.21. The van der Waals surface area contributed by atoms with Crippen LogP contribution in [0, 0.1) is 11.8 Å². The summed E-state index contributed by atoms with van der Waals surface area (Å²) in [6.07, 6.45) is 0.420. The van der Waals surface area contributed by atoms with Crippen LogP contribution in [0.3, 0.4) is 0 Å². The number of esters is 6. The van der Waals surface area contributed by atoms with Crippen molar-refractivity contribution in [2.75, 3.05) is 33.0 Å². The molecular formula is C30H46O12. The largest absolute Gasteiger partial charge is 0.465 e. The zero-order valence-corrected chi connectivity index (χ0v) is 25.5. The smallest absolute Gasteiger partial charge is 0.334 e. The quantitative estimate of drug-likeness (QED) is 0.101. The van der Waals surface area contributed by atoms with Gasteiger partial charge in [0.1, 0.15) is 12.7 Å². The maximum Gasteiger partial charge on any atom is 0.334 e. The summed E-state index contributed by atoms with van der Waals surface area (Å²) in [5.41, 5.74) is -0.474. The van der Waals surface area contributed by atoms with Gasteiger partial charge in [-0.2, -0.15) is 0 Å². The first-order chi connectivity index (χ1) is 20.0. The molecule has 0 rings (SSSR count). The topological polar surface area (TPSA) is 158 Å². The van der Waals surface area contributed by atoms with Gasteiger partial charge in [-0.1, -0.05) is 47.8 Å². The van der Waals surface area contributed by atoms with Crippen molar-refractivity contribution in [3.63, 3.8) is 0 Å².